The van der Waals surface area contributed by atoms with Crippen molar-refractivity contribution in [3.63, 3.8) is 0 Å². The zero-order valence-corrected chi connectivity index (χ0v) is 13.8. The zero-order chi connectivity index (χ0) is 15.2. The first-order valence-electron chi connectivity index (χ1n) is 8.49. The number of nitrogens with zero attached hydrogens (tertiary/aromatic N) is 2. The van der Waals surface area contributed by atoms with E-state index < -0.39 is 0 Å². The fraction of sp³-hybridized carbons (Fsp3) is 0.938. The minimum absolute atomic E-state index is 0.0782. The van der Waals surface area contributed by atoms with Gasteiger partial charge in [0.15, 0.2) is 0 Å². The molecule has 2 atom stereocenters. The SMILES string of the molecule is CCOC(=O)C(CCN1CCN(C)C(CC)C1)NC1CC1. The van der Waals surface area contributed by atoms with E-state index in [0.29, 0.717) is 18.7 Å². The number of carbonyl (C=O) groups excluding carboxylic acids is 1. The van der Waals surface area contributed by atoms with Crippen LogP contribution >= 0.6 is 0 Å². The standard InChI is InChI=1S/C16H31N3O2/c1-4-14-12-19(11-10-18(14)3)9-8-15(16(20)21-5-2)17-13-6-7-13/h13-15,17H,4-12H2,1-3H3. The van der Waals surface area contributed by atoms with E-state index in [-0.39, 0.29) is 12.0 Å². The molecule has 0 aromatic heterocycles. The summed E-state index contributed by atoms with van der Waals surface area (Å²) in [4.78, 5) is 17.0. The molecule has 2 unspecified atom stereocenters. The van der Waals surface area contributed by atoms with Crippen molar-refractivity contribution in [2.75, 3.05) is 39.8 Å². The Balaban J connectivity index is 1.78. The van der Waals surface area contributed by atoms with Crippen LogP contribution in [0.5, 0.6) is 0 Å². The molecule has 0 radical (unpaired) electrons. The van der Waals surface area contributed by atoms with Crippen molar-refractivity contribution in [3.05, 3.63) is 0 Å². The molecule has 0 aromatic rings. The number of ether oxygens (including phenoxy) is 1. The Kier molecular flexibility index (Phi) is 6.45. The van der Waals surface area contributed by atoms with E-state index in [4.69, 9.17) is 4.74 Å². The average Bonchev–Trinajstić information content (AvgIpc) is 3.29. The lowest BCUT2D eigenvalue weighted by atomic mass is 10.1. The van der Waals surface area contributed by atoms with Crippen molar-refractivity contribution in [2.45, 2.75) is 57.7 Å². The number of hydrogen-bond donors (Lipinski definition) is 1. The second kappa shape index (κ2) is 8.11. The highest BCUT2D eigenvalue weighted by Gasteiger charge is 2.30. The van der Waals surface area contributed by atoms with Crippen LogP contribution in [0.2, 0.25) is 0 Å². The van der Waals surface area contributed by atoms with Crippen LogP contribution in [0.25, 0.3) is 0 Å². The van der Waals surface area contributed by atoms with E-state index in [1.165, 1.54) is 19.3 Å². The number of hydrogen-bond acceptors (Lipinski definition) is 5. The van der Waals surface area contributed by atoms with Crippen molar-refractivity contribution in [2.24, 2.45) is 0 Å². The van der Waals surface area contributed by atoms with Crippen LogP contribution in [-0.4, -0.2) is 73.7 Å². The first-order valence-corrected chi connectivity index (χ1v) is 8.49. The minimum Gasteiger partial charge on any atom is -0.465 e. The Bertz CT molecular complexity index is 333. The Morgan fingerprint density at radius 2 is 2.10 bits per heavy atom. The summed E-state index contributed by atoms with van der Waals surface area (Å²) >= 11 is 0. The molecule has 1 saturated heterocycles. The molecule has 1 aliphatic heterocycles. The van der Waals surface area contributed by atoms with Gasteiger partial charge in [0.25, 0.3) is 0 Å². The summed E-state index contributed by atoms with van der Waals surface area (Å²) < 4.78 is 5.20. The Hall–Kier alpha value is -0.650. The van der Waals surface area contributed by atoms with E-state index in [2.05, 4.69) is 29.1 Å². The van der Waals surface area contributed by atoms with Crippen molar-refractivity contribution >= 4 is 5.97 Å². The molecule has 0 bridgehead atoms. The summed E-state index contributed by atoms with van der Waals surface area (Å²) in [6, 6.07) is 1.06. The maximum absolute atomic E-state index is 12.0. The zero-order valence-electron chi connectivity index (χ0n) is 13.8. The van der Waals surface area contributed by atoms with Gasteiger partial charge in [-0.3, -0.25) is 4.79 Å². The van der Waals surface area contributed by atoms with Crippen molar-refractivity contribution < 1.29 is 9.53 Å². The summed E-state index contributed by atoms with van der Waals surface area (Å²) in [6.45, 7) is 8.91. The molecule has 0 aromatic carbocycles. The maximum atomic E-state index is 12.0. The Morgan fingerprint density at radius 3 is 2.71 bits per heavy atom. The lowest BCUT2D eigenvalue weighted by Crippen LogP contribution is -2.52. The summed E-state index contributed by atoms with van der Waals surface area (Å²) in [5.74, 6) is -0.0782. The first kappa shape index (κ1) is 16.7. The molecule has 2 fully saturated rings. The normalized spacial score (nSPS) is 25.8. The molecule has 1 heterocycles. The van der Waals surface area contributed by atoms with Crippen molar-refractivity contribution in [1.29, 1.82) is 0 Å². The first-order chi connectivity index (χ1) is 10.1. The smallest absolute Gasteiger partial charge is 0.323 e. The molecule has 0 spiro atoms. The van der Waals surface area contributed by atoms with E-state index in [1.54, 1.807) is 0 Å². The second-order valence-corrected chi connectivity index (χ2v) is 6.38. The molecule has 1 saturated carbocycles. The summed E-state index contributed by atoms with van der Waals surface area (Å²) in [6.07, 6.45) is 4.44. The number of likely N-dealkylation sites (N-methyl/N-ethyl adjacent to an activating group) is 1. The number of rotatable bonds is 8. The quantitative estimate of drug-likeness (QED) is 0.679. The predicted octanol–water partition coefficient (Wildman–Crippen LogP) is 1.09. The van der Waals surface area contributed by atoms with Crippen LogP contribution in [-0.2, 0) is 9.53 Å². The van der Waals surface area contributed by atoms with Gasteiger partial charge in [-0.2, -0.15) is 0 Å². The maximum Gasteiger partial charge on any atom is 0.323 e. The Morgan fingerprint density at radius 1 is 1.33 bits per heavy atom. The third-order valence-electron chi connectivity index (χ3n) is 4.65. The molecule has 1 N–H and O–H groups in total. The molecule has 0 amide bonds. The van der Waals surface area contributed by atoms with E-state index in [1.807, 2.05) is 6.92 Å². The monoisotopic (exact) mass is 297 g/mol. The topological polar surface area (TPSA) is 44.8 Å². The highest BCUT2D eigenvalue weighted by molar-refractivity contribution is 5.75. The Labute approximate surface area is 129 Å². The van der Waals surface area contributed by atoms with Gasteiger partial charge in [-0.25, -0.2) is 0 Å². The molecule has 2 rings (SSSR count). The highest BCUT2D eigenvalue weighted by Crippen LogP contribution is 2.20. The van der Waals surface area contributed by atoms with Crippen LogP contribution < -0.4 is 5.32 Å². The molecule has 5 heteroatoms. The van der Waals surface area contributed by atoms with Crippen LogP contribution in [0.1, 0.15) is 39.5 Å². The second-order valence-electron chi connectivity index (χ2n) is 6.38. The largest absolute Gasteiger partial charge is 0.465 e. The molecule has 1 aliphatic carbocycles. The van der Waals surface area contributed by atoms with Crippen LogP contribution in [0, 0.1) is 0 Å². The number of carbonyl (C=O) groups is 1. The van der Waals surface area contributed by atoms with Crippen molar-refractivity contribution in [3.8, 4) is 0 Å². The van der Waals surface area contributed by atoms with Gasteiger partial charge in [0, 0.05) is 38.3 Å². The number of piperazine rings is 1. The third kappa shape index (κ3) is 5.24. The van der Waals surface area contributed by atoms with Gasteiger partial charge >= 0.3 is 5.97 Å². The molecular formula is C16H31N3O2. The van der Waals surface area contributed by atoms with Gasteiger partial charge in [-0.05, 0) is 39.7 Å². The molecule has 2 aliphatic rings. The third-order valence-corrected chi connectivity index (χ3v) is 4.65. The summed E-state index contributed by atoms with van der Waals surface area (Å²) in [5.41, 5.74) is 0. The van der Waals surface area contributed by atoms with Crippen molar-refractivity contribution in [1.82, 2.24) is 15.1 Å². The fourth-order valence-corrected chi connectivity index (χ4v) is 3.01. The highest BCUT2D eigenvalue weighted by atomic mass is 16.5. The van der Waals surface area contributed by atoms with Gasteiger partial charge in [-0.1, -0.05) is 6.92 Å². The summed E-state index contributed by atoms with van der Waals surface area (Å²) in [7, 11) is 2.21. The fourth-order valence-electron chi connectivity index (χ4n) is 3.01. The van der Waals surface area contributed by atoms with Crippen LogP contribution in [0.15, 0.2) is 0 Å². The number of nitrogens with one attached hydrogen (secondary N) is 1. The molecular weight excluding hydrogens is 266 g/mol. The van der Waals surface area contributed by atoms with E-state index in [9.17, 15) is 4.79 Å². The average molecular weight is 297 g/mol. The summed E-state index contributed by atoms with van der Waals surface area (Å²) in [5, 5.41) is 3.44. The van der Waals surface area contributed by atoms with Gasteiger partial charge in [0.05, 0.1) is 6.61 Å². The molecule has 5 nitrogen and oxygen atoms in total. The molecule has 21 heavy (non-hydrogen) atoms. The lowest BCUT2D eigenvalue weighted by Gasteiger charge is -2.39. The van der Waals surface area contributed by atoms with Gasteiger partial charge in [0.2, 0.25) is 0 Å². The van der Waals surface area contributed by atoms with E-state index in [0.717, 1.165) is 32.6 Å². The van der Waals surface area contributed by atoms with Crippen LogP contribution in [0.3, 0.4) is 0 Å². The van der Waals surface area contributed by atoms with Gasteiger partial charge in [0.1, 0.15) is 6.04 Å². The van der Waals surface area contributed by atoms with Crippen LogP contribution in [0.4, 0.5) is 0 Å². The predicted molar refractivity (Wildman–Crippen MR) is 84.3 cm³/mol. The minimum atomic E-state index is -0.128. The number of esters is 1. The molecule has 122 valence electrons. The van der Waals surface area contributed by atoms with E-state index >= 15 is 0 Å². The van der Waals surface area contributed by atoms with Gasteiger partial charge < -0.3 is 19.9 Å². The van der Waals surface area contributed by atoms with Gasteiger partial charge in [-0.15, -0.1) is 0 Å². The lowest BCUT2D eigenvalue weighted by molar-refractivity contribution is -0.146.